The van der Waals surface area contributed by atoms with Crippen molar-refractivity contribution in [2.45, 2.75) is 39.2 Å². The summed E-state index contributed by atoms with van der Waals surface area (Å²) >= 11 is 0. The number of halogens is 1. The highest BCUT2D eigenvalue weighted by atomic mass is 19.1. The number of fused-ring (bicyclic) bond motifs is 1. The summed E-state index contributed by atoms with van der Waals surface area (Å²) < 4.78 is 25.1. The fraction of sp³-hybridized carbons (Fsp3) is 0.318. The third kappa shape index (κ3) is 4.94. The number of anilines is 1. The lowest BCUT2D eigenvalue weighted by atomic mass is 10.0. The van der Waals surface area contributed by atoms with Gasteiger partial charge in [-0.05, 0) is 62.1 Å². The largest absolute Gasteiger partial charge is 0.490 e. The number of benzene rings is 2. The molecule has 0 aliphatic carbocycles. The van der Waals surface area contributed by atoms with Crippen LogP contribution in [0.4, 0.5) is 14.9 Å². The first-order valence-electron chi connectivity index (χ1n) is 9.84. The number of alkyl carbamates (subject to hydrolysis) is 1. The van der Waals surface area contributed by atoms with Gasteiger partial charge in [0.15, 0.2) is 0 Å². The van der Waals surface area contributed by atoms with Crippen molar-refractivity contribution in [2.24, 2.45) is 0 Å². The Labute approximate surface area is 174 Å². The Hall–Kier alpha value is -3.42. The van der Waals surface area contributed by atoms with Gasteiger partial charge in [0, 0.05) is 11.3 Å². The van der Waals surface area contributed by atoms with Gasteiger partial charge in [-0.3, -0.25) is 15.5 Å². The van der Waals surface area contributed by atoms with Crippen molar-refractivity contribution >= 4 is 23.5 Å². The highest BCUT2D eigenvalue weighted by Crippen LogP contribution is 2.31. The smallest absolute Gasteiger partial charge is 0.412 e. The second-order valence-electron chi connectivity index (χ2n) is 6.88. The van der Waals surface area contributed by atoms with Crippen molar-refractivity contribution in [1.29, 1.82) is 5.41 Å². The van der Waals surface area contributed by atoms with E-state index in [-0.39, 0.29) is 29.7 Å². The van der Waals surface area contributed by atoms with E-state index in [2.05, 4.69) is 22.3 Å². The van der Waals surface area contributed by atoms with E-state index < -0.39 is 17.8 Å². The second-order valence-corrected chi connectivity index (χ2v) is 6.88. The lowest BCUT2D eigenvalue weighted by molar-refractivity contribution is 0.102. The van der Waals surface area contributed by atoms with Crippen LogP contribution in [0, 0.1) is 11.2 Å². The molecule has 1 heterocycles. The summed E-state index contributed by atoms with van der Waals surface area (Å²) in [6, 6.07) is 9.06. The SMILES string of the molecule is CCOC(=O)NC(=N)c1ccc(C(=O)Nc2ccc3c(c2)CCC(CC)O3)c(F)c1. The first-order valence-corrected chi connectivity index (χ1v) is 9.84. The molecular weight excluding hydrogens is 389 g/mol. The molecule has 3 N–H and O–H groups in total. The Kier molecular flexibility index (Phi) is 6.66. The Morgan fingerprint density at radius 3 is 2.73 bits per heavy atom. The summed E-state index contributed by atoms with van der Waals surface area (Å²) in [6.07, 6.45) is 2.13. The van der Waals surface area contributed by atoms with E-state index in [1.165, 1.54) is 12.1 Å². The Bertz CT molecular complexity index is 977. The number of hydrogen-bond donors (Lipinski definition) is 3. The molecule has 0 fully saturated rings. The maximum atomic E-state index is 14.5. The standard InChI is InChI=1S/C22H24FN3O4/c1-3-16-8-5-13-11-15(7-10-19(13)30-16)25-21(27)17-9-6-14(12-18(17)23)20(24)26-22(28)29-4-2/h6-7,9-12,16H,3-5,8H2,1-2H3,(H,25,27)(H2,24,26,28). The van der Waals surface area contributed by atoms with E-state index in [0.29, 0.717) is 5.69 Å². The van der Waals surface area contributed by atoms with Crippen LogP contribution in [0.15, 0.2) is 36.4 Å². The van der Waals surface area contributed by atoms with Crippen LogP contribution in [-0.4, -0.2) is 30.5 Å². The van der Waals surface area contributed by atoms with Gasteiger partial charge in [-0.2, -0.15) is 0 Å². The highest BCUT2D eigenvalue weighted by molar-refractivity contribution is 6.07. The molecular formula is C22H24FN3O4. The molecule has 0 bridgehead atoms. The van der Waals surface area contributed by atoms with E-state index in [4.69, 9.17) is 10.1 Å². The van der Waals surface area contributed by atoms with Crippen molar-refractivity contribution in [3.8, 4) is 5.75 Å². The van der Waals surface area contributed by atoms with Crippen LogP contribution < -0.4 is 15.4 Å². The summed E-state index contributed by atoms with van der Waals surface area (Å²) in [6.45, 7) is 3.87. The van der Waals surface area contributed by atoms with Crippen LogP contribution in [-0.2, 0) is 11.2 Å². The third-order valence-electron chi connectivity index (χ3n) is 4.81. The Morgan fingerprint density at radius 1 is 1.23 bits per heavy atom. The van der Waals surface area contributed by atoms with Crippen LogP contribution in [0.2, 0.25) is 0 Å². The molecule has 1 aliphatic heterocycles. The number of aryl methyl sites for hydroxylation is 1. The van der Waals surface area contributed by atoms with Crippen LogP contribution >= 0.6 is 0 Å². The van der Waals surface area contributed by atoms with Crippen LogP contribution in [0.25, 0.3) is 0 Å². The molecule has 8 heteroatoms. The zero-order valence-electron chi connectivity index (χ0n) is 16.9. The molecule has 0 saturated heterocycles. The second kappa shape index (κ2) is 9.39. The summed E-state index contributed by atoms with van der Waals surface area (Å²) in [5.74, 6) is -0.909. The van der Waals surface area contributed by atoms with Crippen LogP contribution in [0.5, 0.6) is 5.75 Å². The average Bonchev–Trinajstić information content (AvgIpc) is 2.73. The maximum absolute atomic E-state index is 14.5. The fourth-order valence-corrected chi connectivity index (χ4v) is 3.20. The summed E-state index contributed by atoms with van der Waals surface area (Å²) in [7, 11) is 0. The summed E-state index contributed by atoms with van der Waals surface area (Å²) in [5, 5.41) is 12.7. The fourth-order valence-electron chi connectivity index (χ4n) is 3.20. The number of ether oxygens (including phenoxy) is 2. The molecule has 0 saturated carbocycles. The van der Waals surface area contributed by atoms with Crippen molar-refractivity contribution in [3.63, 3.8) is 0 Å². The molecule has 1 unspecified atom stereocenters. The molecule has 1 aliphatic rings. The van der Waals surface area contributed by atoms with Crippen LogP contribution in [0.1, 0.15) is 48.2 Å². The molecule has 0 spiro atoms. The molecule has 0 radical (unpaired) electrons. The Morgan fingerprint density at radius 2 is 2.03 bits per heavy atom. The van der Waals surface area contributed by atoms with E-state index in [1.807, 2.05) is 12.1 Å². The zero-order valence-corrected chi connectivity index (χ0v) is 16.9. The summed E-state index contributed by atoms with van der Waals surface area (Å²) in [5.41, 5.74) is 1.51. The predicted molar refractivity (Wildman–Crippen MR) is 111 cm³/mol. The van der Waals surface area contributed by atoms with Crippen molar-refractivity contribution in [1.82, 2.24) is 5.32 Å². The molecule has 7 nitrogen and oxygen atoms in total. The molecule has 0 aromatic heterocycles. The van der Waals surface area contributed by atoms with Gasteiger partial charge >= 0.3 is 6.09 Å². The molecule has 1 atom stereocenters. The van der Waals surface area contributed by atoms with Gasteiger partial charge in [0.25, 0.3) is 5.91 Å². The minimum absolute atomic E-state index is 0.119. The van der Waals surface area contributed by atoms with Gasteiger partial charge in [0.2, 0.25) is 0 Å². The van der Waals surface area contributed by atoms with Gasteiger partial charge in [0.1, 0.15) is 17.4 Å². The molecule has 2 aromatic carbocycles. The minimum Gasteiger partial charge on any atom is -0.490 e. The van der Waals surface area contributed by atoms with Gasteiger partial charge in [0.05, 0.1) is 18.3 Å². The predicted octanol–water partition coefficient (Wildman–Crippen LogP) is 4.25. The molecule has 2 amide bonds. The molecule has 30 heavy (non-hydrogen) atoms. The lowest BCUT2D eigenvalue weighted by Crippen LogP contribution is -2.31. The van der Waals surface area contributed by atoms with Gasteiger partial charge in [-0.25, -0.2) is 9.18 Å². The molecule has 158 valence electrons. The van der Waals surface area contributed by atoms with Crippen molar-refractivity contribution in [3.05, 3.63) is 58.9 Å². The maximum Gasteiger partial charge on any atom is 0.412 e. The van der Waals surface area contributed by atoms with Gasteiger partial charge in [-0.1, -0.05) is 13.0 Å². The molecule has 2 aromatic rings. The number of carbonyl (C=O) groups is 2. The zero-order chi connectivity index (χ0) is 21.7. The number of amides is 2. The first-order chi connectivity index (χ1) is 14.4. The van der Waals surface area contributed by atoms with Crippen molar-refractivity contribution in [2.75, 3.05) is 11.9 Å². The lowest BCUT2D eigenvalue weighted by Gasteiger charge is -2.25. The number of hydrogen-bond acceptors (Lipinski definition) is 5. The normalized spacial score (nSPS) is 14.8. The van der Waals surface area contributed by atoms with Crippen LogP contribution in [0.3, 0.4) is 0 Å². The minimum atomic E-state index is -0.800. The van der Waals surface area contributed by atoms with E-state index >= 15 is 0 Å². The average molecular weight is 413 g/mol. The van der Waals surface area contributed by atoms with Gasteiger partial charge < -0.3 is 14.8 Å². The quantitative estimate of drug-likeness (QED) is 0.504. The van der Waals surface area contributed by atoms with E-state index in [9.17, 15) is 14.0 Å². The number of rotatable bonds is 5. The van der Waals surface area contributed by atoms with Crippen molar-refractivity contribution < 1.29 is 23.5 Å². The monoisotopic (exact) mass is 413 g/mol. The third-order valence-corrected chi connectivity index (χ3v) is 4.81. The summed E-state index contributed by atoms with van der Waals surface area (Å²) in [4.78, 5) is 23.9. The highest BCUT2D eigenvalue weighted by Gasteiger charge is 2.20. The molecule has 3 rings (SSSR count). The van der Waals surface area contributed by atoms with Gasteiger partial charge in [-0.15, -0.1) is 0 Å². The van der Waals surface area contributed by atoms with E-state index in [1.54, 1.807) is 13.0 Å². The number of carbonyl (C=O) groups excluding carboxylic acids is 2. The Balaban J connectivity index is 1.69. The van der Waals surface area contributed by atoms with E-state index in [0.717, 1.165) is 36.6 Å². The number of amidine groups is 1. The topological polar surface area (TPSA) is 101 Å². The first kappa shape index (κ1) is 21.3. The number of nitrogens with one attached hydrogen (secondary N) is 3.